The lowest BCUT2D eigenvalue weighted by Gasteiger charge is -2.41. The lowest BCUT2D eigenvalue weighted by molar-refractivity contribution is -0.136. The molecule has 2 aliphatic heterocycles. The minimum atomic E-state index is -4.46. The number of hydrogen-bond donors (Lipinski definition) is 1. The third kappa shape index (κ3) is 4.55. The van der Waals surface area contributed by atoms with Gasteiger partial charge in [-0.3, -0.25) is 14.7 Å². The van der Waals surface area contributed by atoms with Gasteiger partial charge in [-0.25, -0.2) is 0 Å². The zero-order valence-corrected chi connectivity index (χ0v) is 17.8. The highest BCUT2D eigenvalue weighted by Crippen LogP contribution is 2.39. The van der Waals surface area contributed by atoms with Crippen LogP contribution in [0.5, 0.6) is 0 Å². The zero-order chi connectivity index (χ0) is 22.3. The molecule has 2 aliphatic rings. The second-order valence-corrected chi connectivity index (χ2v) is 9.10. The molecule has 5 nitrogen and oxygen atoms in total. The Bertz CT molecular complexity index is 959. The van der Waals surface area contributed by atoms with Crippen LogP contribution < -0.4 is 4.90 Å². The maximum Gasteiger partial charge on any atom is 0.418 e. The van der Waals surface area contributed by atoms with E-state index >= 15 is 0 Å². The first-order valence-corrected chi connectivity index (χ1v) is 10.8. The summed E-state index contributed by atoms with van der Waals surface area (Å²) in [5.74, 6) is 0.616. The van der Waals surface area contributed by atoms with Crippen LogP contribution in [0, 0.1) is 11.8 Å². The van der Waals surface area contributed by atoms with Crippen molar-refractivity contribution in [2.45, 2.75) is 45.0 Å². The van der Waals surface area contributed by atoms with Crippen molar-refractivity contribution in [3.63, 3.8) is 0 Å². The summed E-state index contributed by atoms with van der Waals surface area (Å²) < 4.78 is 40.3. The van der Waals surface area contributed by atoms with E-state index in [0.717, 1.165) is 24.7 Å². The third-order valence-corrected chi connectivity index (χ3v) is 6.53. The van der Waals surface area contributed by atoms with Gasteiger partial charge in [0.25, 0.3) is 0 Å². The summed E-state index contributed by atoms with van der Waals surface area (Å²) in [6, 6.07) is 5.77. The average Bonchev–Trinajstić information content (AvgIpc) is 2.68. The van der Waals surface area contributed by atoms with Gasteiger partial charge in [-0.15, -0.1) is 0 Å². The molecule has 0 spiro atoms. The van der Waals surface area contributed by atoms with Crippen molar-refractivity contribution in [3.05, 3.63) is 36.0 Å². The number of hydrogen-bond acceptors (Lipinski definition) is 5. The number of piperidine rings is 1. The van der Waals surface area contributed by atoms with Crippen molar-refractivity contribution in [1.29, 1.82) is 0 Å². The number of alkyl halides is 3. The van der Waals surface area contributed by atoms with Gasteiger partial charge in [-0.1, -0.05) is 6.92 Å². The van der Waals surface area contributed by atoms with E-state index in [9.17, 15) is 23.1 Å². The van der Waals surface area contributed by atoms with Crippen LogP contribution in [-0.4, -0.2) is 59.1 Å². The Hall–Kier alpha value is -2.19. The lowest BCUT2D eigenvalue weighted by atomic mass is 9.85. The van der Waals surface area contributed by atoms with Crippen LogP contribution in [0.2, 0.25) is 0 Å². The van der Waals surface area contributed by atoms with Crippen molar-refractivity contribution in [2.75, 3.05) is 31.1 Å². The second kappa shape index (κ2) is 8.39. The molecule has 168 valence electrons. The molecule has 4 rings (SSSR count). The van der Waals surface area contributed by atoms with Crippen molar-refractivity contribution < 1.29 is 23.1 Å². The predicted octanol–water partition coefficient (Wildman–Crippen LogP) is 3.74. The van der Waals surface area contributed by atoms with E-state index < -0.39 is 11.7 Å². The van der Waals surface area contributed by atoms with Crippen LogP contribution in [0.25, 0.3) is 10.9 Å². The summed E-state index contributed by atoms with van der Waals surface area (Å²) in [5.41, 5.74) is -0.0310. The molecule has 1 aromatic heterocycles. The number of pyridine rings is 1. The van der Waals surface area contributed by atoms with Gasteiger partial charge in [0.2, 0.25) is 0 Å². The van der Waals surface area contributed by atoms with Crippen LogP contribution in [0.15, 0.2) is 30.5 Å². The van der Waals surface area contributed by atoms with E-state index in [1.54, 1.807) is 12.1 Å². The number of anilines is 1. The van der Waals surface area contributed by atoms with Gasteiger partial charge >= 0.3 is 6.18 Å². The minimum absolute atomic E-state index is 0.0386. The maximum atomic E-state index is 13.4. The molecule has 0 amide bonds. The van der Waals surface area contributed by atoms with Gasteiger partial charge in [0, 0.05) is 49.9 Å². The van der Waals surface area contributed by atoms with Crippen LogP contribution in [0.4, 0.5) is 18.9 Å². The highest BCUT2D eigenvalue weighted by Gasteiger charge is 2.36. The van der Waals surface area contributed by atoms with Crippen molar-refractivity contribution in [1.82, 2.24) is 9.88 Å². The standard InChI is InChI=1S/C23H28F3N3O2/c1-14-8-16(9-21(31)15(2)28-12-17(30)13-28)11-29(10-14)20-6-5-19(23(24,25)26)22-18(20)4-3-7-27-22/h3-7,14-17,30H,8-13H2,1-2H3/t14-,15?,16-/m0/s1. The summed E-state index contributed by atoms with van der Waals surface area (Å²) in [7, 11) is 0. The number of Topliss-reactive ketones (excluding diaryl/α,β-unsaturated/α-hetero) is 1. The predicted molar refractivity (Wildman–Crippen MR) is 113 cm³/mol. The zero-order valence-electron chi connectivity index (χ0n) is 17.8. The quantitative estimate of drug-likeness (QED) is 0.776. The number of rotatable bonds is 5. The van der Waals surface area contributed by atoms with Gasteiger partial charge in [-0.2, -0.15) is 13.2 Å². The van der Waals surface area contributed by atoms with E-state index in [1.807, 2.05) is 11.8 Å². The number of aliphatic hydroxyl groups is 1. The molecule has 0 radical (unpaired) electrons. The maximum absolute atomic E-state index is 13.4. The monoisotopic (exact) mass is 435 g/mol. The van der Waals surface area contributed by atoms with Crippen LogP contribution in [0.1, 0.15) is 32.3 Å². The fourth-order valence-corrected chi connectivity index (χ4v) is 4.95. The summed E-state index contributed by atoms with van der Waals surface area (Å²) in [6.07, 6.45) is -2.08. The van der Waals surface area contributed by atoms with Gasteiger partial charge in [-0.05, 0) is 49.4 Å². The second-order valence-electron chi connectivity index (χ2n) is 9.10. The first kappa shape index (κ1) is 22.0. The molecule has 1 unspecified atom stereocenters. The van der Waals surface area contributed by atoms with Crippen molar-refractivity contribution in [2.24, 2.45) is 11.8 Å². The highest BCUT2D eigenvalue weighted by molar-refractivity contribution is 5.94. The molecule has 3 heterocycles. The molecule has 1 N–H and O–H groups in total. The van der Waals surface area contributed by atoms with Crippen LogP contribution in [0.3, 0.4) is 0 Å². The van der Waals surface area contributed by atoms with E-state index in [-0.39, 0.29) is 29.4 Å². The molecule has 2 saturated heterocycles. The Morgan fingerprint density at radius 3 is 2.65 bits per heavy atom. The smallest absolute Gasteiger partial charge is 0.390 e. The number of β-amino-alcohol motifs (C(OH)–C–C–N with tert-alkyl or cyclic N) is 1. The summed E-state index contributed by atoms with van der Waals surface area (Å²) in [5, 5.41) is 9.97. The normalized spacial score (nSPS) is 24.3. The highest BCUT2D eigenvalue weighted by atomic mass is 19.4. The molecule has 31 heavy (non-hydrogen) atoms. The molecule has 0 bridgehead atoms. The number of aromatic nitrogens is 1. The largest absolute Gasteiger partial charge is 0.418 e. The molecule has 2 aromatic rings. The SMILES string of the molecule is CC(C(=O)C[C@@H]1C[C@H](C)CN(c2ccc(C(F)(F)F)c3ncccc23)C1)N1CC(O)C1. The Kier molecular flexibility index (Phi) is 5.96. The lowest BCUT2D eigenvalue weighted by Crippen LogP contribution is -2.57. The number of aliphatic hydroxyl groups excluding tert-OH is 1. The average molecular weight is 435 g/mol. The number of halogens is 3. The first-order valence-electron chi connectivity index (χ1n) is 10.8. The third-order valence-electron chi connectivity index (χ3n) is 6.53. The number of nitrogens with zero attached hydrogens (tertiary/aromatic N) is 3. The van der Waals surface area contributed by atoms with Gasteiger partial charge in [0.15, 0.2) is 0 Å². The molecule has 0 saturated carbocycles. The Labute approximate surface area is 179 Å². The Balaban J connectivity index is 1.55. The van der Waals surface area contributed by atoms with Gasteiger partial charge < -0.3 is 10.0 Å². The Morgan fingerprint density at radius 1 is 1.23 bits per heavy atom. The molecule has 3 atom stereocenters. The molecular formula is C23H28F3N3O2. The molecule has 0 aliphatic carbocycles. The van der Waals surface area contributed by atoms with Crippen molar-refractivity contribution in [3.8, 4) is 0 Å². The summed E-state index contributed by atoms with van der Waals surface area (Å²) >= 11 is 0. The van der Waals surface area contributed by atoms with Gasteiger partial charge in [0.05, 0.1) is 23.2 Å². The number of fused-ring (bicyclic) bond motifs is 1. The number of benzene rings is 1. The van der Waals surface area contributed by atoms with Crippen LogP contribution >= 0.6 is 0 Å². The van der Waals surface area contributed by atoms with E-state index in [2.05, 4.69) is 16.8 Å². The Morgan fingerprint density at radius 2 is 1.97 bits per heavy atom. The topological polar surface area (TPSA) is 56.7 Å². The molecule has 2 fully saturated rings. The summed E-state index contributed by atoms with van der Waals surface area (Å²) in [4.78, 5) is 20.9. The molecular weight excluding hydrogens is 407 g/mol. The molecule has 8 heteroatoms. The fraction of sp³-hybridized carbons (Fsp3) is 0.565. The first-order chi connectivity index (χ1) is 14.6. The van der Waals surface area contributed by atoms with Gasteiger partial charge in [0.1, 0.15) is 5.78 Å². The van der Waals surface area contributed by atoms with Crippen molar-refractivity contribution >= 4 is 22.4 Å². The fourth-order valence-electron chi connectivity index (χ4n) is 4.95. The van der Waals surface area contributed by atoms with Crippen LogP contribution in [-0.2, 0) is 11.0 Å². The number of likely N-dealkylation sites (tertiary alicyclic amines) is 1. The van der Waals surface area contributed by atoms with E-state index in [0.29, 0.717) is 37.4 Å². The molecule has 1 aromatic carbocycles. The number of carbonyl (C=O) groups excluding carboxylic acids is 1. The minimum Gasteiger partial charge on any atom is -0.390 e. The number of ketones is 1. The number of carbonyl (C=O) groups is 1. The van der Waals surface area contributed by atoms with E-state index in [1.165, 1.54) is 12.3 Å². The summed E-state index contributed by atoms with van der Waals surface area (Å²) in [6.45, 7) is 6.42. The van der Waals surface area contributed by atoms with E-state index in [4.69, 9.17) is 0 Å².